The average Bonchev–Trinajstić information content (AvgIpc) is 2.74. The van der Waals surface area contributed by atoms with Crippen molar-refractivity contribution in [2.45, 2.75) is 13.5 Å². The molecule has 0 aliphatic rings. The molecule has 3 amide bonds. The van der Waals surface area contributed by atoms with Crippen molar-refractivity contribution >= 4 is 29.0 Å². The lowest BCUT2D eigenvalue weighted by Gasteiger charge is -2.27. The first kappa shape index (κ1) is 19.7. The van der Waals surface area contributed by atoms with Gasteiger partial charge >= 0.3 is 6.03 Å². The molecule has 0 aliphatic carbocycles. The van der Waals surface area contributed by atoms with Gasteiger partial charge in [0.2, 0.25) is 0 Å². The summed E-state index contributed by atoms with van der Waals surface area (Å²) in [6.45, 7) is 2.66. The summed E-state index contributed by atoms with van der Waals surface area (Å²) in [7, 11) is 0. The summed E-state index contributed by atoms with van der Waals surface area (Å²) < 4.78 is 0. The molecule has 3 heterocycles. The Morgan fingerprint density at radius 2 is 1.79 bits per heavy atom. The van der Waals surface area contributed by atoms with Crippen molar-refractivity contribution in [3.8, 4) is 0 Å². The van der Waals surface area contributed by atoms with Crippen molar-refractivity contribution in [2.24, 2.45) is 5.73 Å². The summed E-state index contributed by atoms with van der Waals surface area (Å²) in [5.41, 5.74) is 8.50. The molecule has 0 aromatic carbocycles. The minimum Gasteiger partial charge on any atom is -0.365 e. The lowest BCUT2D eigenvalue weighted by atomic mass is 10.1. The predicted molar refractivity (Wildman–Crippen MR) is 110 cm³/mol. The maximum absolute atomic E-state index is 12.0. The Labute approximate surface area is 168 Å². The summed E-state index contributed by atoms with van der Waals surface area (Å²) in [4.78, 5) is 38.2. The van der Waals surface area contributed by atoms with E-state index < -0.39 is 5.91 Å². The van der Waals surface area contributed by atoms with E-state index in [0.717, 1.165) is 11.3 Å². The monoisotopic (exact) mass is 391 g/mol. The van der Waals surface area contributed by atoms with Gasteiger partial charge in [-0.15, -0.1) is 0 Å². The van der Waals surface area contributed by atoms with E-state index in [-0.39, 0.29) is 11.6 Å². The second-order valence-electron chi connectivity index (χ2n) is 6.07. The van der Waals surface area contributed by atoms with Gasteiger partial charge in [0.25, 0.3) is 5.91 Å². The molecule has 0 unspecified atom stereocenters. The summed E-state index contributed by atoms with van der Waals surface area (Å²) in [5, 5.41) is 5.52. The highest BCUT2D eigenvalue weighted by atomic mass is 16.2. The first-order valence-electron chi connectivity index (χ1n) is 8.99. The van der Waals surface area contributed by atoms with Crippen molar-refractivity contribution in [1.29, 1.82) is 0 Å². The van der Waals surface area contributed by atoms with Crippen LogP contribution in [-0.4, -0.2) is 33.4 Å². The highest BCUT2D eigenvalue weighted by Crippen LogP contribution is 2.30. The fourth-order valence-electron chi connectivity index (χ4n) is 2.81. The Hall–Kier alpha value is -4.01. The van der Waals surface area contributed by atoms with Crippen LogP contribution in [0.3, 0.4) is 0 Å². The van der Waals surface area contributed by atoms with Gasteiger partial charge in [0.1, 0.15) is 0 Å². The predicted octanol–water partition coefficient (Wildman–Crippen LogP) is 2.45. The second kappa shape index (κ2) is 9.27. The molecular weight excluding hydrogens is 370 g/mol. The van der Waals surface area contributed by atoms with Crippen molar-refractivity contribution in [3.63, 3.8) is 0 Å². The van der Waals surface area contributed by atoms with Crippen molar-refractivity contribution < 1.29 is 9.59 Å². The summed E-state index contributed by atoms with van der Waals surface area (Å²) >= 11 is 0. The van der Waals surface area contributed by atoms with E-state index in [1.807, 2.05) is 17.9 Å². The molecule has 9 heteroatoms. The summed E-state index contributed by atoms with van der Waals surface area (Å²) in [6.07, 6.45) is 9.62. The number of primary amides is 1. The van der Waals surface area contributed by atoms with Crippen LogP contribution in [0.25, 0.3) is 0 Å². The number of rotatable bonds is 7. The van der Waals surface area contributed by atoms with E-state index in [0.29, 0.717) is 24.5 Å². The minimum absolute atomic E-state index is 0.276. The molecule has 0 bridgehead atoms. The Morgan fingerprint density at radius 3 is 2.52 bits per heavy atom. The maximum Gasteiger partial charge on any atom is 0.319 e. The maximum atomic E-state index is 12.0. The normalized spacial score (nSPS) is 10.2. The smallest absolute Gasteiger partial charge is 0.319 e. The van der Waals surface area contributed by atoms with Crippen LogP contribution in [0.2, 0.25) is 0 Å². The molecule has 0 radical (unpaired) electrons. The van der Waals surface area contributed by atoms with Crippen LogP contribution >= 0.6 is 0 Å². The number of hydrogen-bond acceptors (Lipinski definition) is 6. The number of carbonyl (C=O) groups excluding carboxylic acids is 2. The lowest BCUT2D eigenvalue weighted by Crippen LogP contribution is -2.29. The van der Waals surface area contributed by atoms with Gasteiger partial charge < -0.3 is 21.3 Å². The number of pyridine rings is 3. The number of carbonyl (C=O) groups is 2. The standard InChI is InChI=1S/C20H21N7O2/c1-2-25-20(29)26-17-5-8-23-10-14(17)13-27(15-4-3-7-22-11-15)18-6-9-24-12-16(18)19(21)28/h3-12H,2,13H2,1H3,(H2,21,28)(H2,23,25,26,29). The molecule has 0 aliphatic heterocycles. The van der Waals surface area contributed by atoms with E-state index in [4.69, 9.17) is 5.73 Å². The highest BCUT2D eigenvalue weighted by Gasteiger charge is 2.19. The molecular formula is C20H21N7O2. The zero-order valence-electron chi connectivity index (χ0n) is 15.9. The Balaban J connectivity index is 2.03. The zero-order valence-corrected chi connectivity index (χ0v) is 15.9. The van der Waals surface area contributed by atoms with Crippen LogP contribution < -0.4 is 21.3 Å². The van der Waals surface area contributed by atoms with E-state index in [1.54, 1.807) is 49.2 Å². The summed E-state index contributed by atoms with van der Waals surface area (Å²) in [5.74, 6) is -0.589. The zero-order chi connectivity index (χ0) is 20.6. The van der Waals surface area contributed by atoms with E-state index >= 15 is 0 Å². The van der Waals surface area contributed by atoms with Crippen molar-refractivity contribution in [1.82, 2.24) is 20.3 Å². The first-order chi connectivity index (χ1) is 14.1. The third kappa shape index (κ3) is 4.83. The van der Waals surface area contributed by atoms with E-state index in [1.165, 1.54) is 6.20 Å². The largest absolute Gasteiger partial charge is 0.365 e. The fourth-order valence-corrected chi connectivity index (χ4v) is 2.81. The topological polar surface area (TPSA) is 126 Å². The van der Waals surface area contributed by atoms with Crippen LogP contribution in [0.4, 0.5) is 21.9 Å². The number of amides is 3. The van der Waals surface area contributed by atoms with Crippen LogP contribution in [0, 0.1) is 0 Å². The number of urea groups is 1. The molecule has 29 heavy (non-hydrogen) atoms. The molecule has 148 valence electrons. The minimum atomic E-state index is -0.589. The molecule has 4 N–H and O–H groups in total. The molecule has 0 spiro atoms. The highest BCUT2D eigenvalue weighted by molar-refractivity contribution is 5.99. The number of nitrogens with two attached hydrogens (primary N) is 1. The number of hydrogen-bond donors (Lipinski definition) is 3. The number of nitrogens with one attached hydrogen (secondary N) is 2. The first-order valence-corrected chi connectivity index (χ1v) is 8.99. The molecule has 3 rings (SSSR count). The van der Waals surface area contributed by atoms with Gasteiger partial charge in [-0.3, -0.25) is 19.7 Å². The number of nitrogens with zero attached hydrogens (tertiary/aromatic N) is 4. The molecule has 0 saturated carbocycles. The number of anilines is 3. The van der Waals surface area contributed by atoms with E-state index in [2.05, 4.69) is 25.6 Å². The molecule has 9 nitrogen and oxygen atoms in total. The molecule has 3 aromatic rings. The fraction of sp³-hybridized carbons (Fsp3) is 0.150. The van der Waals surface area contributed by atoms with Crippen LogP contribution in [0.5, 0.6) is 0 Å². The van der Waals surface area contributed by atoms with Crippen molar-refractivity contribution in [2.75, 3.05) is 16.8 Å². The van der Waals surface area contributed by atoms with Gasteiger partial charge in [-0.2, -0.15) is 0 Å². The van der Waals surface area contributed by atoms with Gasteiger partial charge in [0, 0.05) is 43.1 Å². The molecule has 0 atom stereocenters. The van der Waals surface area contributed by atoms with E-state index in [9.17, 15) is 9.59 Å². The van der Waals surface area contributed by atoms with Gasteiger partial charge in [-0.1, -0.05) is 0 Å². The molecule has 0 saturated heterocycles. The van der Waals surface area contributed by atoms with Crippen LogP contribution in [0.1, 0.15) is 22.8 Å². The number of aromatic nitrogens is 3. The quantitative estimate of drug-likeness (QED) is 0.568. The molecule has 3 aromatic heterocycles. The third-order valence-corrected chi connectivity index (χ3v) is 4.13. The lowest BCUT2D eigenvalue weighted by molar-refractivity contribution is 0.100. The van der Waals surface area contributed by atoms with Gasteiger partial charge in [-0.25, -0.2) is 4.79 Å². The summed E-state index contributed by atoms with van der Waals surface area (Å²) in [6, 6.07) is 6.78. The Kier molecular flexibility index (Phi) is 6.31. The van der Waals surface area contributed by atoms with Gasteiger partial charge in [0.05, 0.1) is 35.4 Å². The van der Waals surface area contributed by atoms with Crippen LogP contribution in [0.15, 0.2) is 61.4 Å². The average molecular weight is 391 g/mol. The third-order valence-electron chi connectivity index (χ3n) is 4.13. The Bertz CT molecular complexity index is 995. The molecule has 0 fully saturated rings. The van der Waals surface area contributed by atoms with Gasteiger partial charge in [-0.05, 0) is 31.2 Å². The second-order valence-corrected chi connectivity index (χ2v) is 6.07. The van der Waals surface area contributed by atoms with Crippen molar-refractivity contribution in [3.05, 3.63) is 72.6 Å². The van der Waals surface area contributed by atoms with Crippen LogP contribution in [-0.2, 0) is 6.54 Å². The SMILES string of the molecule is CCNC(=O)Nc1ccncc1CN(c1cccnc1)c1ccncc1C(N)=O. The Morgan fingerprint density at radius 1 is 1.03 bits per heavy atom. The van der Waals surface area contributed by atoms with Gasteiger partial charge in [0.15, 0.2) is 0 Å².